The molecule has 88 valence electrons. The molecule has 0 atom stereocenters. The fourth-order valence-electron chi connectivity index (χ4n) is 1.58. The molecule has 0 aliphatic carbocycles. The molecule has 3 nitrogen and oxygen atoms in total. The SMILES string of the molecule is CCCOc1cccc(C(=O)c2cc[nH]c2)c1. The lowest BCUT2D eigenvalue weighted by Gasteiger charge is -2.05. The highest BCUT2D eigenvalue weighted by Gasteiger charge is 2.09. The molecule has 0 radical (unpaired) electrons. The van der Waals surface area contributed by atoms with Crippen LogP contribution in [0.4, 0.5) is 0 Å². The molecule has 17 heavy (non-hydrogen) atoms. The van der Waals surface area contributed by atoms with Gasteiger partial charge in [0.1, 0.15) is 5.75 Å². The first-order chi connectivity index (χ1) is 8.31. The van der Waals surface area contributed by atoms with Crippen molar-refractivity contribution in [1.82, 2.24) is 4.98 Å². The van der Waals surface area contributed by atoms with Crippen LogP contribution in [0.5, 0.6) is 5.75 Å². The van der Waals surface area contributed by atoms with Gasteiger partial charge in [0.15, 0.2) is 5.78 Å². The summed E-state index contributed by atoms with van der Waals surface area (Å²) in [5.41, 5.74) is 1.32. The second-order valence-electron chi connectivity index (χ2n) is 3.81. The number of H-pyrrole nitrogens is 1. The maximum Gasteiger partial charge on any atom is 0.194 e. The third-order valence-corrected chi connectivity index (χ3v) is 2.43. The smallest absolute Gasteiger partial charge is 0.194 e. The van der Waals surface area contributed by atoms with Crippen LogP contribution >= 0.6 is 0 Å². The van der Waals surface area contributed by atoms with Gasteiger partial charge in [0, 0.05) is 23.5 Å². The second kappa shape index (κ2) is 5.34. The standard InChI is InChI=1S/C14H15NO2/c1-2-8-17-13-5-3-4-11(9-13)14(16)12-6-7-15-10-12/h3-7,9-10,15H,2,8H2,1H3. The average Bonchev–Trinajstić information content (AvgIpc) is 2.89. The minimum atomic E-state index is 0.00759. The minimum absolute atomic E-state index is 0.00759. The van der Waals surface area contributed by atoms with Crippen molar-refractivity contribution in [3.8, 4) is 5.75 Å². The summed E-state index contributed by atoms with van der Waals surface area (Å²) in [6.45, 7) is 2.72. The third-order valence-electron chi connectivity index (χ3n) is 2.43. The van der Waals surface area contributed by atoms with E-state index in [-0.39, 0.29) is 5.78 Å². The van der Waals surface area contributed by atoms with Crippen LogP contribution in [0, 0.1) is 0 Å². The molecule has 0 saturated heterocycles. The Morgan fingerprint density at radius 2 is 2.18 bits per heavy atom. The third kappa shape index (κ3) is 2.75. The maximum atomic E-state index is 12.1. The zero-order valence-electron chi connectivity index (χ0n) is 9.77. The lowest BCUT2D eigenvalue weighted by Crippen LogP contribution is -2.01. The molecule has 1 N–H and O–H groups in total. The molecule has 0 aliphatic heterocycles. The molecule has 0 aliphatic rings. The molecule has 3 heteroatoms. The van der Waals surface area contributed by atoms with Gasteiger partial charge in [0.05, 0.1) is 6.61 Å². The van der Waals surface area contributed by atoms with Crippen LogP contribution < -0.4 is 4.74 Å². The lowest BCUT2D eigenvalue weighted by atomic mass is 10.1. The summed E-state index contributed by atoms with van der Waals surface area (Å²) in [4.78, 5) is 14.9. The van der Waals surface area contributed by atoms with Gasteiger partial charge in [-0.05, 0) is 24.6 Å². The van der Waals surface area contributed by atoms with Crippen LogP contribution in [0.3, 0.4) is 0 Å². The summed E-state index contributed by atoms with van der Waals surface area (Å²) >= 11 is 0. The van der Waals surface area contributed by atoms with Crippen molar-refractivity contribution >= 4 is 5.78 Å². The quantitative estimate of drug-likeness (QED) is 0.801. The number of hydrogen-bond acceptors (Lipinski definition) is 2. The number of aromatic amines is 1. The Hall–Kier alpha value is -2.03. The Morgan fingerprint density at radius 3 is 2.88 bits per heavy atom. The van der Waals surface area contributed by atoms with Crippen molar-refractivity contribution in [3.05, 3.63) is 53.9 Å². The van der Waals surface area contributed by atoms with Gasteiger partial charge in [0.2, 0.25) is 0 Å². The maximum absolute atomic E-state index is 12.1. The second-order valence-corrected chi connectivity index (χ2v) is 3.81. The van der Waals surface area contributed by atoms with Crippen molar-refractivity contribution in [2.45, 2.75) is 13.3 Å². The molecule has 0 unspecified atom stereocenters. The fraction of sp³-hybridized carbons (Fsp3) is 0.214. The summed E-state index contributed by atoms with van der Waals surface area (Å²) in [6.07, 6.45) is 4.39. The molecule has 1 heterocycles. The Balaban J connectivity index is 2.18. The zero-order chi connectivity index (χ0) is 12.1. The van der Waals surface area contributed by atoms with Crippen LogP contribution in [-0.4, -0.2) is 17.4 Å². The van der Waals surface area contributed by atoms with E-state index in [0.29, 0.717) is 17.7 Å². The highest BCUT2D eigenvalue weighted by molar-refractivity contribution is 6.09. The largest absolute Gasteiger partial charge is 0.494 e. The topological polar surface area (TPSA) is 42.1 Å². The Kier molecular flexibility index (Phi) is 3.60. The summed E-state index contributed by atoms with van der Waals surface area (Å²) in [7, 11) is 0. The van der Waals surface area contributed by atoms with Crippen LogP contribution in [0.15, 0.2) is 42.7 Å². The van der Waals surface area contributed by atoms with Gasteiger partial charge in [-0.25, -0.2) is 0 Å². The molecule has 2 rings (SSSR count). The normalized spacial score (nSPS) is 10.2. The minimum Gasteiger partial charge on any atom is -0.494 e. The average molecular weight is 229 g/mol. The van der Waals surface area contributed by atoms with E-state index in [1.807, 2.05) is 12.1 Å². The van der Waals surface area contributed by atoms with Crippen LogP contribution in [0.1, 0.15) is 29.3 Å². The van der Waals surface area contributed by atoms with Gasteiger partial charge in [-0.2, -0.15) is 0 Å². The number of hydrogen-bond donors (Lipinski definition) is 1. The van der Waals surface area contributed by atoms with Crippen molar-refractivity contribution in [3.63, 3.8) is 0 Å². The number of ketones is 1. The molecule has 0 spiro atoms. The van der Waals surface area contributed by atoms with Crippen LogP contribution in [0.25, 0.3) is 0 Å². The van der Waals surface area contributed by atoms with E-state index in [2.05, 4.69) is 11.9 Å². The van der Waals surface area contributed by atoms with Crippen molar-refractivity contribution < 1.29 is 9.53 Å². The predicted molar refractivity (Wildman–Crippen MR) is 66.5 cm³/mol. The van der Waals surface area contributed by atoms with Gasteiger partial charge in [-0.1, -0.05) is 19.1 Å². The Bertz CT molecular complexity index is 489. The summed E-state index contributed by atoms with van der Waals surface area (Å²) in [5.74, 6) is 0.751. The Morgan fingerprint density at radius 1 is 1.29 bits per heavy atom. The van der Waals surface area contributed by atoms with E-state index in [0.717, 1.165) is 12.2 Å². The highest BCUT2D eigenvalue weighted by atomic mass is 16.5. The van der Waals surface area contributed by atoms with Crippen LogP contribution in [0.2, 0.25) is 0 Å². The number of carbonyl (C=O) groups is 1. The van der Waals surface area contributed by atoms with E-state index in [1.54, 1.807) is 30.6 Å². The first-order valence-corrected chi connectivity index (χ1v) is 5.71. The summed E-state index contributed by atoms with van der Waals surface area (Å²) in [6, 6.07) is 9.05. The molecule has 0 amide bonds. The van der Waals surface area contributed by atoms with Gasteiger partial charge in [-0.15, -0.1) is 0 Å². The molecular weight excluding hydrogens is 214 g/mol. The number of rotatable bonds is 5. The zero-order valence-corrected chi connectivity index (χ0v) is 9.77. The molecular formula is C14H15NO2. The van der Waals surface area contributed by atoms with Gasteiger partial charge in [0.25, 0.3) is 0 Å². The van der Waals surface area contributed by atoms with Gasteiger partial charge in [-0.3, -0.25) is 4.79 Å². The molecule has 1 aromatic heterocycles. The monoisotopic (exact) mass is 229 g/mol. The van der Waals surface area contributed by atoms with E-state index in [4.69, 9.17) is 4.74 Å². The molecule has 2 aromatic rings. The molecule has 0 fully saturated rings. The van der Waals surface area contributed by atoms with Gasteiger partial charge < -0.3 is 9.72 Å². The number of ether oxygens (including phenoxy) is 1. The van der Waals surface area contributed by atoms with Gasteiger partial charge >= 0.3 is 0 Å². The number of nitrogens with one attached hydrogen (secondary N) is 1. The molecule has 0 bridgehead atoms. The highest BCUT2D eigenvalue weighted by Crippen LogP contribution is 2.16. The van der Waals surface area contributed by atoms with E-state index in [1.165, 1.54) is 0 Å². The summed E-state index contributed by atoms with van der Waals surface area (Å²) < 4.78 is 5.50. The lowest BCUT2D eigenvalue weighted by molar-refractivity contribution is 0.103. The van der Waals surface area contributed by atoms with Crippen molar-refractivity contribution in [2.24, 2.45) is 0 Å². The fourth-order valence-corrected chi connectivity index (χ4v) is 1.58. The van der Waals surface area contributed by atoms with E-state index >= 15 is 0 Å². The number of carbonyl (C=O) groups excluding carboxylic acids is 1. The first kappa shape index (κ1) is 11.5. The van der Waals surface area contributed by atoms with E-state index < -0.39 is 0 Å². The number of benzene rings is 1. The first-order valence-electron chi connectivity index (χ1n) is 5.71. The Labute approximate surface area is 100 Å². The van der Waals surface area contributed by atoms with Crippen LogP contribution in [-0.2, 0) is 0 Å². The predicted octanol–water partition coefficient (Wildman–Crippen LogP) is 3.03. The van der Waals surface area contributed by atoms with Crippen molar-refractivity contribution in [2.75, 3.05) is 6.61 Å². The number of aromatic nitrogens is 1. The molecule has 1 aromatic carbocycles. The van der Waals surface area contributed by atoms with E-state index in [9.17, 15) is 4.79 Å². The molecule has 0 saturated carbocycles. The summed E-state index contributed by atoms with van der Waals surface area (Å²) in [5, 5.41) is 0. The van der Waals surface area contributed by atoms with Crippen molar-refractivity contribution in [1.29, 1.82) is 0 Å².